The van der Waals surface area contributed by atoms with Crippen LogP contribution in [0.2, 0.25) is 0 Å². The summed E-state index contributed by atoms with van der Waals surface area (Å²) in [4.78, 5) is 24.8. The van der Waals surface area contributed by atoms with Crippen LogP contribution < -0.4 is 5.32 Å². The van der Waals surface area contributed by atoms with Crippen LogP contribution in [0.5, 0.6) is 0 Å². The van der Waals surface area contributed by atoms with Crippen LogP contribution in [0, 0.1) is 5.92 Å². The molecule has 1 amide bonds. The van der Waals surface area contributed by atoms with E-state index in [9.17, 15) is 9.59 Å². The Labute approximate surface area is 112 Å². The average molecular weight is 262 g/mol. The van der Waals surface area contributed by atoms with Crippen LogP contribution in [-0.2, 0) is 4.79 Å². The van der Waals surface area contributed by atoms with Crippen molar-refractivity contribution < 1.29 is 14.7 Å². The monoisotopic (exact) mass is 262 g/mol. The third-order valence-electron chi connectivity index (χ3n) is 3.35. The van der Waals surface area contributed by atoms with E-state index in [4.69, 9.17) is 5.11 Å². The van der Waals surface area contributed by atoms with Crippen molar-refractivity contribution in [3.63, 3.8) is 0 Å². The summed E-state index contributed by atoms with van der Waals surface area (Å²) in [7, 11) is 0. The third kappa shape index (κ3) is 3.79. The lowest BCUT2D eigenvalue weighted by atomic mass is 9.99. The number of carbonyl (C=O) groups excluding carboxylic acids is 1. The lowest BCUT2D eigenvalue weighted by molar-refractivity contribution is -0.143. The molecule has 1 aliphatic rings. The van der Waals surface area contributed by atoms with Gasteiger partial charge in [-0.1, -0.05) is 18.2 Å². The second-order valence-electron chi connectivity index (χ2n) is 4.78. The summed E-state index contributed by atoms with van der Waals surface area (Å²) in [6, 6.07) is 9.00. The van der Waals surface area contributed by atoms with Crippen molar-refractivity contribution in [3.8, 4) is 0 Å². The first-order valence-corrected chi connectivity index (χ1v) is 6.45. The van der Waals surface area contributed by atoms with E-state index in [0.29, 0.717) is 18.8 Å². The largest absolute Gasteiger partial charge is 0.481 e. The molecule has 102 valence electrons. The number of likely N-dealkylation sites (tertiary alicyclic amines) is 1. The molecule has 1 aromatic carbocycles. The Morgan fingerprint density at radius 1 is 1.32 bits per heavy atom. The van der Waals surface area contributed by atoms with Crippen molar-refractivity contribution in [1.29, 1.82) is 0 Å². The Morgan fingerprint density at radius 3 is 2.74 bits per heavy atom. The number of aliphatic carboxylic acids is 1. The number of hydrogen-bond donors (Lipinski definition) is 2. The van der Waals surface area contributed by atoms with E-state index in [1.165, 1.54) is 0 Å². The molecule has 0 spiro atoms. The fraction of sp³-hybridized carbons (Fsp3) is 0.429. The van der Waals surface area contributed by atoms with Gasteiger partial charge in [0.15, 0.2) is 0 Å². The van der Waals surface area contributed by atoms with E-state index in [2.05, 4.69) is 5.32 Å². The molecule has 0 aliphatic carbocycles. The number of nitrogens with zero attached hydrogens (tertiary/aromatic N) is 1. The second kappa shape index (κ2) is 6.33. The average Bonchev–Trinajstić information content (AvgIpc) is 2.46. The maximum atomic E-state index is 11.8. The first-order chi connectivity index (χ1) is 9.16. The van der Waals surface area contributed by atoms with Gasteiger partial charge in [0.05, 0.1) is 12.6 Å². The molecule has 0 aromatic heterocycles. The summed E-state index contributed by atoms with van der Waals surface area (Å²) < 4.78 is 0. The fourth-order valence-electron chi connectivity index (χ4n) is 2.28. The van der Waals surface area contributed by atoms with Crippen LogP contribution in [0.1, 0.15) is 23.2 Å². The van der Waals surface area contributed by atoms with Gasteiger partial charge in [-0.05, 0) is 31.5 Å². The summed E-state index contributed by atoms with van der Waals surface area (Å²) >= 11 is 0. The number of benzene rings is 1. The highest BCUT2D eigenvalue weighted by Crippen LogP contribution is 2.15. The lowest BCUT2D eigenvalue weighted by Gasteiger charge is -2.30. The summed E-state index contributed by atoms with van der Waals surface area (Å²) in [5.74, 6) is -1.19. The Hall–Kier alpha value is -1.88. The molecular weight excluding hydrogens is 244 g/mol. The SMILES string of the molecule is O=C(NCN1CCCC(C(=O)O)C1)c1ccccc1. The Kier molecular flexibility index (Phi) is 4.52. The Bertz CT molecular complexity index is 447. The lowest BCUT2D eigenvalue weighted by Crippen LogP contribution is -2.44. The quantitative estimate of drug-likeness (QED) is 0.854. The molecule has 1 saturated heterocycles. The summed E-state index contributed by atoms with van der Waals surface area (Å²) in [6.07, 6.45) is 1.58. The van der Waals surface area contributed by atoms with Crippen molar-refractivity contribution >= 4 is 11.9 Å². The highest BCUT2D eigenvalue weighted by molar-refractivity contribution is 5.94. The minimum Gasteiger partial charge on any atom is -0.481 e. The number of piperidine rings is 1. The maximum absolute atomic E-state index is 11.8. The third-order valence-corrected chi connectivity index (χ3v) is 3.35. The van der Waals surface area contributed by atoms with E-state index in [1.807, 2.05) is 23.1 Å². The van der Waals surface area contributed by atoms with Gasteiger partial charge in [0.1, 0.15) is 0 Å². The molecule has 2 N–H and O–H groups in total. The van der Waals surface area contributed by atoms with Gasteiger partial charge >= 0.3 is 5.97 Å². The Balaban J connectivity index is 1.82. The number of hydrogen-bond acceptors (Lipinski definition) is 3. The van der Waals surface area contributed by atoms with E-state index in [1.54, 1.807) is 12.1 Å². The van der Waals surface area contributed by atoms with Gasteiger partial charge in [-0.25, -0.2) is 0 Å². The van der Waals surface area contributed by atoms with Crippen molar-refractivity contribution in [2.45, 2.75) is 12.8 Å². The van der Waals surface area contributed by atoms with Crippen LogP contribution >= 0.6 is 0 Å². The van der Waals surface area contributed by atoms with E-state index in [0.717, 1.165) is 19.4 Å². The molecule has 2 rings (SSSR count). The van der Waals surface area contributed by atoms with Gasteiger partial charge in [-0.3, -0.25) is 14.5 Å². The molecular formula is C14H18N2O3. The molecule has 5 nitrogen and oxygen atoms in total. The number of amides is 1. The predicted octanol–water partition coefficient (Wildman–Crippen LogP) is 1.17. The number of nitrogens with one attached hydrogen (secondary N) is 1. The molecule has 19 heavy (non-hydrogen) atoms. The van der Waals surface area contributed by atoms with Gasteiger partial charge in [0, 0.05) is 12.1 Å². The van der Waals surface area contributed by atoms with Crippen LogP contribution in [0.15, 0.2) is 30.3 Å². The molecule has 0 saturated carbocycles. The number of carboxylic acids is 1. The van der Waals surface area contributed by atoms with Crippen LogP contribution in [0.4, 0.5) is 0 Å². The Morgan fingerprint density at radius 2 is 2.05 bits per heavy atom. The van der Waals surface area contributed by atoms with Gasteiger partial charge < -0.3 is 10.4 Å². The smallest absolute Gasteiger partial charge is 0.307 e. The standard InChI is InChI=1S/C14H18N2O3/c17-13(11-5-2-1-3-6-11)15-10-16-8-4-7-12(9-16)14(18)19/h1-3,5-6,12H,4,7-10H2,(H,15,17)(H,18,19). The molecule has 1 unspecified atom stereocenters. The molecule has 1 fully saturated rings. The molecule has 1 aliphatic heterocycles. The van der Waals surface area contributed by atoms with Crippen molar-refractivity contribution in [3.05, 3.63) is 35.9 Å². The first-order valence-electron chi connectivity index (χ1n) is 6.45. The molecule has 1 aromatic rings. The van der Waals surface area contributed by atoms with E-state index in [-0.39, 0.29) is 11.8 Å². The molecule has 1 atom stereocenters. The predicted molar refractivity (Wildman–Crippen MR) is 70.7 cm³/mol. The van der Waals surface area contributed by atoms with Crippen LogP contribution in [0.3, 0.4) is 0 Å². The molecule has 0 radical (unpaired) electrons. The fourth-order valence-corrected chi connectivity index (χ4v) is 2.28. The zero-order chi connectivity index (χ0) is 13.7. The van der Waals surface area contributed by atoms with Gasteiger partial charge in [0.25, 0.3) is 5.91 Å². The first kappa shape index (κ1) is 13.5. The zero-order valence-electron chi connectivity index (χ0n) is 10.7. The van der Waals surface area contributed by atoms with Crippen molar-refractivity contribution in [1.82, 2.24) is 10.2 Å². The van der Waals surface area contributed by atoms with Crippen LogP contribution in [0.25, 0.3) is 0 Å². The normalized spacial score (nSPS) is 19.9. The minimum atomic E-state index is -0.751. The maximum Gasteiger partial charge on any atom is 0.307 e. The number of rotatable bonds is 4. The molecule has 5 heteroatoms. The zero-order valence-corrected chi connectivity index (χ0v) is 10.7. The van der Waals surface area contributed by atoms with Gasteiger partial charge in [-0.15, -0.1) is 0 Å². The van der Waals surface area contributed by atoms with Gasteiger partial charge in [0.2, 0.25) is 0 Å². The number of carboxylic acid groups (broad SMARTS) is 1. The molecule has 1 heterocycles. The number of carbonyl (C=O) groups is 2. The van der Waals surface area contributed by atoms with E-state index < -0.39 is 5.97 Å². The van der Waals surface area contributed by atoms with E-state index >= 15 is 0 Å². The summed E-state index contributed by atoms with van der Waals surface area (Å²) in [5, 5.41) is 11.8. The van der Waals surface area contributed by atoms with Crippen molar-refractivity contribution in [2.24, 2.45) is 5.92 Å². The second-order valence-corrected chi connectivity index (χ2v) is 4.78. The van der Waals surface area contributed by atoms with Crippen molar-refractivity contribution in [2.75, 3.05) is 19.8 Å². The highest BCUT2D eigenvalue weighted by atomic mass is 16.4. The summed E-state index contributed by atoms with van der Waals surface area (Å²) in [6.45, 7) is 1.74. The van der Waals surface area contributed by atoms with Crippen LogP contribution in [-0.4, -0.2) is 41.6 Å². The summed E-state index contributed by atoms with van der Waals surface area (Å²) in [5.41, 5.74) is 0.620. The van der Waals surface area contributed by atoms with Gasteiger partial charge in [-0.2, -0.15) is 0 Å². The minimum absolute atomic E-state index is 0.127. The topological polar surface area (TPSA) is 69.6 Å². The highest BCUT2D eigenvalue weighted by Gasteiger charge is 2.25. The molecule has 0 bridgehead atoms.